The second-order valence-electron chi connectivity index (χ2n) is 5.11. The van der Waals surface area contributed by atoms with Crippen LogP contribution in [0.4, 0.5) is 5.69 Å². The van der Waals surface area contributed by atoms with Crippen molar-refractivity contribution in [3.8, 4) is 0 Å². The summed E-state index contributed by atoms with van der Waals surface area (Å²) in [5.41, 5.74) is 9.28. The number of aliphatic hydroxyl groups excluding tert-OH is 1. The zero-order chi connectivity index (χ0) is 14.5. The molecule has 0 bridgehead atoms. The Hall–Kier alpha value is -1.91. The van der Waals surface area contributed by atoms with E-state index in [4.69, 9.17) is 5.73 Å². The molecule has 0 saturated carbocycles. The lowest BCUT2D eigenvalue weighted by Gasteiger charge is -2.21. The average molecular weight is 271 g/mol. The Balaban J connectivity index is 1.98. The minimum Gasteiger partial charge on any atom is -0.398 e. The van der Waals surface area contributed by atoms with E-state index in [1.807, 2.05) is 55.3 Å². The number of pyridine rings is 1. The number of likely N-dealkylation sites (N-methyl/N-ethyl adjacent to an activating group) is 1. The van der Waals surface area contributed by atoms with E-state index in [2.05, 4.69) is 4.98 Å². The van der Waals surface area contributed by atoms with Crippen LogP contribution < -0.4 is 5.73 Å². The van der Waals surface area contributed by atoms with Crippen molar-refractivity contribution in [2.24, 2.45) is 0 Å². The third-order valence-corrected chi connectivity index (χ3v) is 3.22. The highest BCUT2D eigenvalue weighted by molar-refractivity contribution is 5.47. The molecule has 0 saturated heterocycles. The topological polar surface area (TPSA) is 62.4 Å². The largest absolute Gasteiger partial charge is 0.398 e. The van der Waals surface area contributed by atoms with E-state index in [9.17, 15) is 5.11 Å². The summed E-state index contributed by atoms with van der Waals surface area (Å²) in [6.45, 7) is 3.19. The normalized spacial score (nSPS) is 12.6. The number of nitrogens with two attached hydrogens (primary N) is 1. The lowest BCUT2D eigenvalue weighted by Crippen LogP contribution is -2.25. The molecule has 0 radical (unpaired) electrons. The lowest BCUT2D eigenvalue weighted by atomic mass is 10.1. The van der Waals surface area contributed by atoms with Crippen LogP contribution in [-0.2, 0) is 6.54 Å². The lowest BCUT2D eigenvalue weighted by molar-refractivity contribution is 0.124. The molecule has 0 fully saturated rings. The molecule has 3 N–H and O–H groups in total. The second kappa shape index (κ2) is 6.50. The second-order valence-corrected chi connectivity index (χ2v) is 5.11. The summed E-state index contributed by atoms with van der Waals surface area (Å²) >= 11 is 0. The highest BCUT2D eigenvalue weighted by Crippen LogP contribution is 2.20. The molecule has 1 aromatic heterocycles. The minimum atomic E-state index is -0.592. The van der Waals surface area contributed by atoms with E-state index >= 15 is 0 Å². The summed E-state index contributed by atoms with van der Waals surface area (Å²) in [4.78, 5) is 6.50. The molecule has 0 spiro atoms. The quantitative estimate of drug-likeness (QED) is 0.818. The van der Waals surface area contributed by atoms with Crippen molar-refractivity contribution in [1.82, 2.24) is 9.88 Å². The molecule has 1 unspecified atom stereocenters. The van der Waals surface area contributed by atoms with Crippen LogP contribution in [0, 0.1) is 6.92 Å². The van der Waals surface area contributed by atoms with Crippen molar-refractivity contribution < 1.29 is 5.11 Å². The molecule has 1 heterocycles. The summed E-state index contributed by atoms with van der Waals surface area (Å²) in [7, 11) is 1.96. The van der Waals surface area contributed by atoms with E-state index in [1.165, 1.54) is 0 Å². The van der Waals surface area contributed by atoms with Crippen LogP contribution in [0.5, 0.6) is 0 Å². The Morgan fingerprint density at radius 3 is 2.65 bits per heavy atom. The molecule has 0 aliphatic heterocycles. The number of nitrogen functional groups attached to an aromatic ring is 1. The number of nitrogens with zero attached hydrogens (tertiary/aromatic N) is 2. The van der Waals surface area contributed by atoms with Gasteiger partial charge in [0.1, 0.15) is 0 Å². The number of aromatic nitrogens is 1. The van der Waals surface area contributed by atoms with Gasteiger partial charge in [0.25, 0.3) is 0 Å². The monoisotopic (exact) mass is 271 g/mol. The fourth-order valence-electron chi connectivity index (χ4n) is 2.24. The smallest absolute Gasteiger partial charge is 0.0936 e. The number of anilines is 1. The molecule has 2 aromatic rings. The van der Waals surface area contributed by atoms with E-state index in [-0.39, 0.29) is 0 Å². The molecule has 4 nitrogen and oxygen atoms in total. The number of hydrogen-bond acceptors (Lipinski definition) is 4. The predicted molar refractivity (Wildman–Crippen MR) is 81.1 cm³/mol. The molecule has 1 atom stereocenters. The van der Waals surface area contributed by atoms with Gasteiger partial charge in [0.2, 0.25) is 0 Å². The van der Waals surface area contributed by atoms with Crippen LogP contribution in [0.1, 0.15) is 23.1 Å². The highest BCUT2D eigenvalue weighted by Gasteiger charge is 2.13. The van der Waals surface area contributed by atoms with Gasteiger partial charge >= 0.3 is 0 Å². The first kappa shape index (κ1) is 14.5. The van der Waals surface area contributed by atoms with E-state index in [0.717, 1.165) is 17.0 Å². The first-order valence-corrected chi connectivity index (χ1v) is 6.70. The first-order valence-electron chi connectivity index (χ1n) is 6.70. The molecule has 0 amide bonds. The van der Waals surface area contributed by atoms with E-state index < -0.39 is 6.10 Å². The van der Waals surface area contributed by atoms with Gasteiger partial charge in [-0.1, -0.05) is 24.3 Å². The van der Waals surface area contributed by atoms with Crippen LogP contribution in [0.2, 0.25) is 0 Å². The van der Waals surface area contributed by atoms with Gasteiger partial charge in [0, 0.05) is 30.0 Å². The number of hydrogen-bond donors (Lipinski definition) is 2. The van der Waals surface area contributed by atoms with Gasteiger partial charge in [-0.2, -0.15) is 0 Å². The summed E-state index contributed by atoms with van der Waals surface area (Å²) in [5.74, 6) is 0. The van der Waals surface area contributed by atoms with E-state index in [0.29, 0.717) is 18.8 Å². The fraction of sp³-hybridized carbons (Fsp3) is 0.312. The van der Waals surface area contributed by atoms with Crippen LogP contribution in [0.15, 0.2) is 42.5 Å². The maximum atomic E-state index is 10.3. The predicted octanol–water partition coefficient (Wildman–Crippen LogP) is 2.14. The number of aliphatic hydroxyl groups is 1. The van der Waals surface area contributed by atoms with Crippen LogP contribution in [0.3, 0.4) is 0 Å². The SMILES string of the molecule is Cc1cccc(CN(C)CC(O)c2ccccc2N)n1. The molecule has 1 aromatic carbocycles. The molecule has 106 valence electrons. The zero-order valence-electron chi connectivity index (χ0n) is 12.0. The van der Waals surface area contributed by atoms with Crippen LogP contribution in [0.25, 0.3) is 0 Å². The van der Waals surface area contributed by atoms with Crippen LogP contribution in [-0.4, -0.2) is 28.6 Å². The van der Waals surface area contributed by atoms with Crippen LogP contribution >= 0.6 is 0 Å². The van der Waals surface area contributed by atoms with Gasteiger partial charge in [-0.3, -0.25) is 9.88 Å². The molecular formula is C16H21N3O. The van der Waals surface area contributed by atoms with Crippen molar-refractivity contribution in [2.45, 2.75) is 19.6 Å². The van der Waals surface area contributed by atoms with E-state index in [1.54, 1.807) is 6.07 Å². The van der Waals surface area contributed by atoms with Crippen molar-refractivity contribution in [3.05, 3.63) is 59.4 Å². The molecule has 4 heteroatoms. The summed E-state index contributed by atoms with van der Waals surface area (Å²) in [6, 6.07) is 13.4. The molecular weight excluding hydrogens is 250 g/mol. The third kappa shape index (κ3) is 3.79. The molecule has 0 aliphatic rings. The average Bonchev–Trinajstić information content (AvgIpc) is 2.38. The van der Waals surface area contributed by atoms with Crippen molar-refractivity contribution in [1.29, 1.82) is 0 Å². The first-order chi connectivity index (χ1) is 9.56. The maximum absolute atomic E-state index is 10.3. The van der Waals surface area contributed by atoms with Gasteiger partial charge in [-0.25, -0.2) is 0 Å². The van der Waals surface area contributed by atoms with Gasteiger partial charge in [-0.05, 0) is 32.2 Å². The number of rotatable bonds is 5. The Morgan fingerprint density at radius 2 is 1.95 bits per heavy atom. The number of benzene rings is 1. The van der Waals surface area contributed by atoms with Gasteiger partial charge in [0.05, 0.1) is 11.8 Å². The van der Waals surface area contributed by atoms with Crippen molar-refractivity contribution in [3.63, 3.8) is 0 Å². The summed E-state index contributed by atoms with van der Waals surface area (Å²) in [6.07, 6.45) is -0.592. The van der Waals surface area contributed by atoms with Gasteiger partial charge in [0.15, 0.2) is 0 Å². The Kier molecular flexibility index (Phi) is 4.71. The maximum Gasteiger partial charge on any atom is 0.0936 e. The highest BCUT2D eigenvalue weighted by atomic mass is 16.3. The summed E-state index contributed by atoms with van der Waals surface area (Å²) < 4.78 is 0. The fourth-order valence-corrected chi connectivity index (χ4v) is 2.24. The Morgan fingerprint density at radius 1 is 1.20 bits per heavy atom. The zero-order valence-corrected chi connectivity index (χ0v) is 12.0. The number of para-hydroxylation sites is 1. The minimum absolute atomic E-state index is 0.518. The summed E-state index contributed by atoms with van der Waals surface area (Å²) in [5, 5.41) is 10.3. The van der Waals surface area contributed by atoms with Crippen molar-refractivity contribution in [2.75, 3.05) is 19.3 Å². The molecule has 0 aliphatic carbocycles. The Labute approximate surface area is 119 Å². The van der Waals surface area contributed by atoms with Crippen molar-refractivity contribution >= 4 is 5.69 Å². The Bertz CT molecular complexity index is 571. The standard InChI is InChI=1S/C16H21N3O/c1-12-6-5-7-13(18-12)10-19(2)11-16(20)14-8-3-4-9-15(14)17/h3-9,16,20H,10-11,17H2,1-2H3. The molecule has 2 rings (SSSR count). The van der Waals surface area contributed by atoms with Gasteiger partial charge < -0.3 is 10.8 Å². The third-order valence-electron chi connectivity index (χ3n) is 3.22. The molecule has 20 heavy (non-hydrogen) atoms. The number of aryl methyl sites for hydroxylation is 1. The van der Waals surface area contributed by atoms with Gasteiger partial charge in [-0.15, -0.1) is 0 Å².